The smallest absolute Gasteiger partial charge is 0.222 e. The van der Waals surface area contributed by atoms with Gasteiger partial charge in [-0.25, -0.2) is 0 Å². The van der Waals surface area contributed by atoms with E-state index in [-0.39, 0.29) is 0 Å². The van der Waals surface area contributed by atoms with E-state index in [1.54, 1.807) is 0 Å². The Kier molecular flexibility index (Phi) is 5.48. The van der Waals surface area contributed by atoms with Crippen LogP contribution >= 0.6 is 0 Å². The topological polar surface area (TPSA) is 32.3 Å². The van der Waals surface area contributed by atoms with E-state index in [0.29, 0.717) is 5.91 Å². The van der Waals surface area contributed by atoms with Gasteiger partial charge in [0.1, 0.15) is 0 Å². The van der Waals surface area contributed by atoms with Gasteiger partial charge >= 0.3 is 0 Å². The van der Waals surface area contributed by atoms with Gasteiger partial charge in [-0.1, -0.05) is 19.3 Å². The van der Waals surface area contributed by atoms with Crippen LogP contribution in [-0.2, 0) is 4.79 Å². The summed E-state index contributed by atoms with van der Waals surface area (Å²) in [5.74, 6) is 2.10. The fourth-order valence-electron chi connectivity index (χ4n) is 3.09. The number of nitrogens with zero attached hydrogens (tertiary/aromatic N) is 1. The Balaban J connectivity index is 1.60. The van der Waals surface area contributed by atoms with Crippen LogP contribution in [0.2, 0.25) is 0 Å². The van der Waals surface area contributed by atoms with Crippen LogP contribution in [0, 0.1) is 11.8 Å². The molecule has 2 fully saturated rings. The van der Waals surface area contributed by atoms with E-state index in [4.69, 9.17) is 0 Å². The standard InChI is InChI=1S/C15H28N2O/c1-16-10-7-14-8-11-17(12-9-14)15(18)6-5-13-3-2-4-13/h13-14,16H,2-12H2,1H3. The van der Waals surface area contributed by atoms with E-state index in [1.165, 1.54) is 38.5 Å². The Morgan fingerprint density at radius 3 is 2.33 bits per heavy atom. The molecule has 1 saturated carbocycles. The van der Waals surface area contributed by atoms with Gasteiger partial charge in [0.05, 0.1) is 0 Å². The van der Waals surface area contributed by atoms with E-state index >= 15 is 0 Å². The van der Waals surface area contributed by atoms with Gasteiger partial charge < -0.3 is 10.2 Å². The highest BCUT2D eigenvalue weighted by molar-refractivity contribution is 5.76. The minimum absolute atomic E-state index is 0.411. The third-order valence-electron chi connectivity index (χ3n) is 4.76. The summed E-state index contributed by atoms with van der Waals surface area (Å²) in [6.07, 6.45) is 9.72. The summed E-state index contributed by atoms with van der Waals surface area (Å²) in [4.78, 5) is 14.2. The SMILES string of the molecule is CNCCC1CCN(C(=O)CCC2CCC2)CC1. The fraction of sp³-hybridized carbons (Fsp3) is 0.933. The van der Waals surface area contributed by atoms with Crippen LogP contribution < -0.4 is 5.32 Å². The lowest BCUT2D eigenvalue weighted by molar-refractivity contribution is -0.133. The first-order valence-electron chi connectivity index (χ1n) is 7.72. The van der Waals surface area contributed by atoms with Crippen LogP contribution in [0.1, 0.15) is 51.4 Å². The van der Waals surface area contributed by atoms with Gasteiger partial charge in [-0.15, -0.1) is 0 Å². The van der Waals surface area contributed by atoms with Crippen LogP contribution in [0.15, 0.2) is 0 Å². The van der Waals surface area contributed by atoms with Crippen molar-refractivity contribution in [1.82, 2.24) is 10.2 Å². The first-order valence-corrected chi connectivity index (χ1v) is 7.72. The molecular weight excluding hydrogens is 224 g/mol. The van der Waals surface area contributed by atoms with Crippen LogP contribution in [-0.4, -0.2) is 37.5 Å². The first-order chi connectivity index (χ1) is 8.79. The zero-order valence-corrected chi connectivity index (χ0v) is 11.8. The molecule has 3 nitrogen and oxygen atoms in total. The van der Waals surface area contributed by atoms with Crippen molar-refractivity contribution in [2.24, 2.45) is 11.8 Å². The zero-order chi connectivity index (χ0) is 12.8. The molecule has 0 atom stereocenters. The lowest BCUT2D eigenvalue weighted by Gasteiger charge is -2.33. The number of hydrogen-bond acceptors (Lipinski definition) is 2. The van der Waals surface area contributed by atoms with Crippen molar-refractivity contribution in [3.05, 3.63) is 0 Å². The minimum Gasteiger partial charge on any atom is -0.343 e. The molecular formula is C15H28N2O. The Labute approximate surface area is 111 Å². The van der Waals surface area contributed by atoms with Gasteiger partial charge in [0.2, 0.25) is 5.91 Å². The van der Waals surface area contributed by atoms with E-state index in [9.17, 15) is 4.79 Å². The molecule has 104 valence electrons. The van der Waals surface area contributed by atoms with E-state index in [0.717, 1.165) is 44.3 Å². The van der Waals surface area contributed by atoms with Crippen molar-refractivity contribution in [3.63, 3.8) is 0 Å². The van der Waals surface area contributed by atoms with Crippen molar-refractivity contribution >= 4 is 5.91 Å². The van der Waals surface area contributed by atoms with Gasteiger partial charge in [0.15, 0.2) is 0 Å². The van der Waals surface area contributed by atoms with Crippen molar-refractivity contribution in [2.75, 3.05) is 26.7 Å². The maximum atomic E-state index is 12.1. The molecule has 1 N–H and O–H groups in total. The van der Waals surface area contributed by atoms with Gasteiger partial charge in [0, 0.05) is 19.5 Å². The Hall–Kier alpha value is -0.570. The molecule has 0 unspecified atom stereocenters. The molecule has 1 aliphatic carbocycles. The Morgan fingerprint density at radius 1 is 1.11 bits per heavy atom. The monoisotopic (exact) mass is 252 g/mol. The van der Waals surface area contributed by atoms with E-state index in [1.807, 2.05) is 7.05 Å². The molecule has 18 heavy (non-hydrogen) atoms. The van der Waals surface area contributed by atoms with E-state index in [2.05, 4.69) is 10.2 Å². The van der Waals surface area contributed by atoms with Crippen molar-refractivity contribution in [3.8, 4) is 0 Å². The number of amides is 1. The second-order valence-electron chi connectivity index (χ2n) is 6.05. The van der Waals surface area contributed by atoms with Crippen LogP contribution in [0.4, 0.5) is 0 Å². The highest BCUT2D eigenvalue weighted by Crippen LogP contribution is 2.31. The summed E-state index contributed by atoms with van der Waals surface area (Å²) in [7, 11) is 2.01. The van der Waals surface area contributed by atoms with Crippen LogP contribution in [0.25, 0.3) is 0 Å². The highest BCUT2D eigenvalue weighted by atomic mass is 16.2. The van der Waals surface area contributed by atoms with Crippen LogP contribution in [0.5, 0.6) is 0 Å². The number of piperidine rings is 1. The molecule has 2 rings (SSSR count). The van der Waals surface area contributed by atoms with Crippen molar-refractivity contribution in [2.45, 2.75) is 51.4 Å². The number of hydrogen-bond donors (Lipinski definition) is 1. The molecule has 1 amide bonds. The van der Waals surface area contributed by atoms with Gasteiger partial charge in [-0.3, -0.25) is 4.79 Å². The molecule has 0 radical (unpaired) electrons. The third-order valence-corrected chi connectivity index (χ3v) is 4.76. The second kappa shape index (κ2) is 7.13. The quantitative estimate of drug-likeness (QED) is 0.787. The number of carbonyl (C=O) groups is 1. The zero-order valence-electron chi connectivity index (χ0n) is 11.8. The molecule has 1 heterocycles. The predicted octanol–water partition coefficient (Wildman–Crippen LogP) is 2.41. The van der Waals surface area contributed by atoms with Crippen molar-refractivity contribution in [1.29, 1.82) is 0 Å². The summed E-state index contributed by atoms with van der Waals surface area (Å²) in [6.45, 7) is 3.11. The summed E-state index contributed by atoms with van der Waals surface area (Å²) in [5.41, 5.74) is 0. The van der Waals surface area contributed by atoms with Gasteiger partial charge in [-0.2, -0.15) is 0 Å². The summed E-state index contributed by atoms with van der Waals surface area (Å²) in [6, 6.07) is 0. The maximum absolute atomic E-state index is 12.1. The fourth-order valence-corrected chi connectivity index (χ4v) is 3.09. The van der Waals surface area contributed by atoms with Crippen LogP contribution in [0.3, 0.4) is 0 Å². The first kappa shape index (κ1) is 13.9. The normalized spacial score (nSPS) is 21.9. The molecule has 0 aromatic carbocycles. The Bertz CT molecular complexity index is 255. The molecule has 0 aromatic rings. The number of carbonyl (C=O) groups excluding carboxylic acids is 1. The van der Waals surface area contributed by atoms with Crippen molar-refractivity contribution < 1.29 is 4.79 Å². The highest BCUT2D eigenvalue weighted by Gasteiger charge is 2.24. The number of rotatable bonds is 6. The lowest BCUT2D eigenvalue weighted by atomic mass is 9.82. The number of likely N-dealkylation sites (tertiary alicyclic amines) is 1. The van der Waals surface area contributed by atoms with E-state index < -0.39 is 0 Å². The predicted molar refractivity (Wildman–Crippen MR) is 74.4 cm³/mol. The lowest BCUT2D eigenvalue weighted by Crippen LogP contribution is -2.39. The Morgan fingerprint density at radius 2 is 1.78 bits per heavy atom. The average molecular weight is 252 g/mol. The third kappa shape index (κ3) is 3.98. The molecule has 0 bridgehead atoms. The maximum Gasteiger partial charge on any atom is 0.222 e. The second-order valence-corrected chi connectivity index (χ2v) is 6.05. The molecule has 2 aliphatic rings. The summed E-state index contributed by atoms with van der Waals surface area (Å²) < 4.78 is 0. The number of nitrogens with one attached hydrogen (secondary N) is 1. The molecule has 1 saturated heterocycles. The molecule has 3 heteroatoms. The summed E-state index contributed by atoms with van der Waals surface area (Å²) in [5, 5.41) is 3.21. The average Bonchev–Trinajstić information content (AvgIpc) is 2.35. The van der Waals surface area contributed by atoms with Gasteiger partial charge in [0.25, 0.3) is 0 Å². The molecule has 0 aromatic heterocycles. The molecule has 0 spiro atoms. The van der Waals surface area contributed by atoms with Gasteiger partial charge in [-0.05, 0) is 51.1 Å². The largest absolute Gasteiger partial charge is 0.343 e. The molecule has 1 aliphatic heterocycles. The minimum atomic E-state index is 0.411. The summed E-state index contributed by atoms with van der Waals surface area (Å²) >= 11 is 0.